The molecule has 0 aliphatic carbocycles. The van der Waals surface area contributed by atoms with Crippen molar-refractivity contribution in [1.29, 1.82) is 0 Å². The molecule has 0 atom stereocenters. The fourth-order valence-electron chi connectivity index (χ4n) is 8.25. The van der Waals surface area contributed by atoms with Gasteiger partial charge in [-0.2, -0.15) is 0 Å². The zero-order valence-corrected chi connectivity index (χ0v) is 30.3. The summed E-state index contributed by atoms with van der Waals surface area (Å²) in [6, 6.07) is 62.8. The molecule has 0 aliphatic rings. The van der Waals surface area contributed by atoms with Crippen LogP contribution in [0.1, 0.15) is 5.48 Å². The van der Waals surface area contributed by atoms with Crippen LogP contribution in [0.3, 0.4) is 0 Å². The molecule has 11 rings (SSSR count). The van der Waals surface area contributed by atoms with Crippen LogP contribution in [0.15, 0.2) is 217 Å². The van der Waals surface area contributed by atoms with E-state index >= 15 is 0 Å². The van der Waals surface area contributed by atoms with E-state index in [1.165, 1.54) is 16.3 Å². The van der Waals surface area contributed by atoms with Gasteiger partial charge in [-0.3, -0.25) is 0 Å². The van der Waals surface area contributed by atoms with Crippen molar-refractivity contribution in [3.8, 4) is 33.4 Å². The molecule has 0 radical (unpaired) electrons. The predicted molar refractivity (Wildman–Crippen MR) is 237 cm³/mol. The van der Waals surface area contributed by atoms with E-state index in [1.54, 1.807) is 0 Å². The smallest absolute Gasteiger partial charge is 0.143 e. The first-order valence-corrected chi connectivity index (χ1v) is 18.8. The Morgan fingerprint density at radius 2 is 0.946 bits per heavy atom. The molecule has 0 fully saturated rings. The number of furan rings is 1. The number of nitrogens with zero attached hydrogens (tertiary/aromatic N) is 1. The third-order valence-electron chi connectivity index (χ3n) is 10.9. The molecule has 2 nitrogen and oxygen atoms in total. The zero-order chi connectivity index (χ0) is 40.5. The van der Waals surface area contributed by atoms with E-state index < -0.39 is 0 Å². The molecule has 0 bridgehead atoms. The summed E-state index contributed by atoms with van der Waals surface area (Å²) in [5.41, 5.74) is 8.22. The molecule has 262 valence electrons. The highest BCUT2D eigenvalue weighted by atomic mass is 16.3. The van der Waals surface area contributed by atoms with Crippen molar-refractivity contribution in [2.75, 3.05) is 4.90 Å². The number of anilines is 3. The average molecular weight is 718 g/mol. The van der Waals surface area contributed by atoms with Gasteiger partial charge in [0, 0.05) is 22.1 Å². The van der Waals surface area contributed by atoms with Crippen molar-refractivity contribution in [2.45, 2.75) is 0 Å². The average Bonchev–Trinajstić information content (AvgIpc) is 3.70. The summed E-state index contributed by atoms with van der Waals surface area (Å²) in [4.78, 5) is 1.87. The summed E-state index contributed by atoms with van der Waals surface area (Å²) in [5.74, 6) is 0. The molecule has 0 spiro atoms. The SMILES string of the molecule is [2H]c1c([2H])c(N(c2ccc(-c3cccc(-c4cccc5ccccc45)c3)cc2)c2cccc3oc4c5ccccc5ccc4c23)c([2H])c([2H])c1-c1cccc2ccccc12. The summed E-state index contributed by atoms with van der Waals surface area (Å²) in [7, 11) is 0. The minimum Gasteiger partial charge on any atom is -0.455 e. The Kier molecular flexibility index (Phi) is 6.60. The van der Waals surface area contributed by atoms with Crippen LogP contribution >= 0.6 is 0 Å². The van der Waals surface area contributed by atoms with Gasteiger partial charge in [0.2, 0.25) is 0 Å². The highest BCUT2D eigenvalue weighted by Gasteiger charge is 2.21. The fraction of sp³-hybridized carbons (Fsp3) is 0. The number of rotatable bonds is 6. The van der Waals surface area contributed by atoms with Gasteiger partial charge < -0.3 is 9.32 Å². The maximum Gasteiger partial charge on any atom is 0.143 e. The topological polar surface area (TPSA) is 16.4 Å². The molecule has 11 aromatic rings. The molecule has 0 N–H and O–H groups in total. The van der Waals surface area contributed by atoms with Crippen LogP contribution < -0.4 is 4.90 Å². The van der Waals surface area contributed by atoms with E-state index in [9.17, 15) is 5.48 Å². The fourth-order valence-corrected chi connectivity index (χ4v) is 8.25. The Labute approximate surface area is 330 Å². The van der Waals surface area contributed by atoms with Gasteiger partial charge in [-0.05, 0) is 109 Å². The molecule has 1 aromatic heterocycles. The molecule has 2 heteroatoms. The van der Waals surface area contributed by atoms with Crippen LogP contribution in [0.5, 0.6) is 0 Å². The molecular formula is C54H35NO. The normalized spacial score (nSPS) is 12.6. The summed E-state index contributed by atoms with van der Waals surface area (Å²) < 4.78 is 45.0. The van der Waals surface area contributed by atoms with Crippen molar-refractivity contribution in [2.24, 2.45) is 0 Å². The first-order valence-electron chi connectivity index (χ1n) is 20.8. The van der Waals surface area contributed by atoms with Gasteiger partial charge in [0.15, 0.2) is 0 Å². The highest BCUT2D eigenvalue weighted by molar-refractivity contribution is 6.19. The van der Waals surface area contributed by atoms with Crippen LogP contribution in [0.4, 0.5) is 17.1 Å². The standard InChI is InChI=1S/C54H35NO/c1-4-18-45-37(11-1)14-8-21-47(45)40-27-32-44(33-28-40)55(51-23-10-24-52-53(51)50-34-29-39-13-3-6-20-49(39)54(50)56-52)43-30-25-36(26-31-43)41-16-7-17-42(35-41)48-22-9-15-38-12-2-5-19-46(38)48/h1-35H/i27D,28D,32D,33D. The lowest BCUT2D eigenvalue weighted by atomic mass is 9.95. The van der Waals surface area contributed by atoms with E-state index in [0.29, 0.717) is 22.5 Å². The quantitative estimate of drug-likeness (QED) is 0.170. The second kappa shape index (κ2) is 13.2. The van der Waals surface area contributed by atoms with E-state index in [2.05, 4.69) is 103 Å². The Bertz CT molecular complexity index is 3460. The van der Waals surface area contributed by atoms with Gasteiger partial charge in [-0.25, -0.2) is 0 Å². The Morgan fingerprint density at radius 1 is 0.375 bits per heavy atom. The van der Waals surface area contributed by atoms with Crippen molar-refractivity contribution in [3.63, 3.8) is 0 Å². The lowest BCUT2D eigenvalue weighted by Crippen LogP contribution is -2.10. The van der Waals surface area contributed by atoms with Gasteiger partial charge in [0.25, 0.3) is 0 Å². The number of hydrogen-bond donors (Lipinski definition) is 0. The molecule has 0 amide bonds. The summed E-state index contributed by atoms with van der Waals surface area (Å²) >= 11 is 0. The molecule has 1 heterocycles. The van der Waals surface area contributed by atoms with Gasteiger partial charge in [0.1, 0.15) is 11.2 Å². The second-order valence-electron chi connectivity index (χ2n) is 14.2. The lowest BCUT2D eigenvalue weighted by Gasteiger charge is -2.27. The van der Waals surface area contributed by atoms with Gasteiger partial charge in [-0.15, -0.1) is 0 Å². The summed E-state index contributed by atoms with van der Waals surface area (Å²) in [6.45, 7) is 0. The van der Waals surface area contributed by atoms with Crippen molar-refractivity contribution in [3.05, 3.63) is 212 Å². The Hall–Kier alpha value is -7.42. The minimum absolute atomic E-state index is 0.107. The number of hydrogen-bond acceptors (Lipinski definition) is 2. The highest BCUT2D eigenvalue weighted by Crippen LogP contribution is 2.45. The first-order chi connectivity index (χ1) is 29.4. The molecule has 0 saturated heterocycles. The van der Waals surface area contributed by atoms with E-state index in [-0.39, 0.29) is 35.4 Å². The Morgan fingerprint density at radius 3 is 1.66 bits per heavy atom. The van der Waals surface area contributed by atoms with Crippen LogP contribution in [-0.2, 0) is 0 Å². The number of fused-ring (bicyclic) bond motifs is 7. The molecule has 0 saturated carbocycles. The van der Waals surface area contributed by atoms with Gasteiger partial charge in [-0.1, -0.05) is 164 Å². The third-order valence-corrected chi connectivity index (χ3v) is 10.9. The van der Waals surface area contributed by atoms with Gasteiger partial charge in [0.05, 0.1) is 16.6 Å². The van der Waals surface area contributed by atoms with Crippen LogP contribution in [0.2, 0.25) is 0 Å². The van der Waals surface area contributed by atoms with Crippen molar-refractivity contribution in [1.82, 2.24) is 0 Å². The summed E-state index contributed by atoms with van der Waals surface area (Å²) in [5, 5.41) is 7.99. The van der Waals surface area contributed by atoms with Gasteiger partial charge >= 0.3 is 0 Å². The monoisotopic (exact) mass is 717 g/mol. The largest absolute Gasteiger partial charge is 0.455 e. The van der Waals surface area contributed by atoms with Crippen molar-refractivity contribution >= 4 is 71.3 Å². The first kappa shape index (κ1) is 28.1. The van der Waals surface area contributed by atoms with Crippen LogP contribution in [0.25, 0.3) is 87.6 Å². The molecule has 56 heavy (non-hydrogen) atoms. The molecule has 10 aromatic carbocycles. The van der Waals surface area contributed by atoms with Crippen molar-refractivity contribution < 1.29 is 9.90 Å². The van der Waals surface area contributed by atoms with E-state index in [0.717, 1.165) is 54.6 Å². The predicted octanol–water partition coefficient (Wildman–Crippen LogP) is 15.5. The molecule has 0 aliphatic heterocycles. The second-order valence-corrected chi connectivity index (χ2v) is 14.2. The minimum atomic E-state index is -0.138. The van der Waals surface area contributed by atoms with E-state index in [1.807, 2.05) is 89.8 Å². The third kappa shape index (κ3) is 5.34. The zero-order valence-electron chi connectivity index (χ0n) is 34.3. The van der Waals surface area contributed by atoms with Crippen LogP contribution in [0, 0.1) is 0 Å². The molecule has 0 unspecified atom stereocenters. The summed E-state index contributed by atoms with van der Waals surface area (Å²) in [6.07, 6.45) is 0. The lowest BCUT2D eigenvalue weighted by molar-refractivity contribution is 0.672. The Balaban J connectivity index is 1.11. The maximum absolute atomic E-state index is 9.69. The van der Waals surface area contributed by atoms with E-state index in [4.69, 9.17) is 4.42 Å². The number of benzene rings is 10. The van der Waals surface area contributed by atoms with Crippen LogP contribution in [-0.4, -0.2) is 0 Å². The molecular weight excluding hydrogens is 679 g/mol. The maximum atomic E-state index is 9.69.